The number of aldehydes is 1. The molecule has 5 heteroatoms. The molecule has 0 heterocycles. The number of amides is 1. The number of carbonyl (C=O) groups is 2. The predicted molar refractivity (Wildman–Crippen MR) is 68.1 cm³/mol. The number of rotatable bonds is 5. The summed E-state index contributed by atoms with van der Waals surface area (Å²) in [5, 5.41) is 11.7. The lowest BCUT2D eigenvalue weighted by molar-refractivity contribution is -0.126. The summed E-state index contributed by atoms with van der Waals surface area (Å²) in [5.74, 6) is -0.209. The zero-order chi connectivity index (χ0) is 13.8. The summed E-state index contributed by atoms with van der Waals surface area (Å²) in [6, 6.07) is 5.75. The van der Waals surface area contributed by atoms with Gasteiger partial charge in [0.1, 0.15) is 12.0 Å². The fraction of sp³-hybridized carbons (Fsp3) is 0.385. The van der Waals surface area contributed by atoms with E-state index in [1.165, 1.54) is 12.1 Å². The molecule has 1 atom stereocenters. The van der Waals surface area contributed by atoms with Gasteiger partial charge in [-0.3, -0.25) is 4.79 Å². The van der Waals surface area contributed by atoms with Gasteiger partial charge in [-0.25, -0.2) is 0 Å². The molecule has 1 aromatic rings. The maximum atomic E-state index is 11.7. The van der Waals surface area contributed by atoms with E-state index in [-0.39, 0.29) is 11.7 Å². The summed E-state index contributed by atoms with van der Waals surface area (Å²) in [6.07, 6.45) is 1.01. The largest absolute Gasteiger partial charge is 0.508 e. The van der Waals surface area contributed by atoms with Crippen molar-refractivity contribution in [2.75, 3.05) is 0 Å². The minimum atomic E-state index is -0.913. The monoisotopic (exact) mass is 250 g/mol. The Hall–Kier alpha value is -1.88. The van der Waals surface area contributed by atoms with Gasteiger partial charge in [-0.15, -0.1) is 0 Å². The van der Waals surface area contributed by atoms with Crippen LogP contribution in [0.4, 0.5) is 0 Å². The number of hydrogen-bond donors (Lipinski definition) is 3. The second-order valence-electron chi connectivity index (χ2n) is 4.81. The Morgan fingerprint density at radius 3 is 2.50 bits per heavy atom. The van der Waals surface area contributed by atoms with Crippen molar-refractivity contribution in [2.45, 2.75) is 31.8 Å². The van der Waals surface area contributed by atoms with Gasteiger partial charge in [-0.1, -0.05) is 12.1 Å². The Kier molecular flexibility index (Phi) is 4.44. The average Bonchev–Trinajstić information content (AvgIpc) is 2.31. The van der Waals surface area contributed by atoms with Gasteiger partial charge in [-0.05, 0) is 38.0 Å². The molecule has 1 unspecified atom stereocenters. The van der Waals surface area contributed by atoms with Gasteiger partial charge in [0.05, 0.1) is 11.6 Å². The molecule has 0 aliphatic heterocycles. The Bertz CT molecular complexity index is 426. The Balaban J connectivity index is 2.60. The van der Waals surface area contributed by atoms with Crippen LogP contribution in [0.25, 0.3) is 0 Å². The van der Waals surface area contributed by atoms with Crippen molar-refractivity contribution < 1.29 is 14.7 Å². The maximum absolute atomic E-state index is 11.7. The number of hydrogen-bond acceptors (Lipinski definition) is 4. The Morgan fingerprint density at radius 1 is 1.44 bits per heavy atom. The third kappa shape index (κ3) is 4.18. The molecule has 0 saturated carbocycles. The zero-order valence-corrected chi connectivity index (χ0v) is 10.5. The molecular weight excluding hydrogens is 232 g/mol. The van der Waals surface area contributed by atoms with Crippen LogP contribution in [0.1, 0.15) is 19.4 Å². The van der Waals surface area contributed by atoms with Crippen molar-refractivity contribution in [3.05, 3.63) is 29.8 Å². The van der Waals surface area contributed by atoms with Crippen LogP contribution in [0.3, 0.4) is 0 Å². The van der Waals surface area contributed by atoms with E-state index in [0.29, 0.717) is 12.7 Å². The lowest BCUT2D eigenvalue weighted by atomic mass is 10.0. The minimum Gasteiger partial charge on any atom is -0.508 e. The number of aromatic hydroxyl groups is 1. The minimum absolute atomic E-state index is 0.166. The van der Waals surface area contributed by atoms with Crippen molar-refractivity contribution in [2.24, 2.45) is 5.73 Å². The number of phenolic OH excluding ortho intramolecular Hbond substituents is 1. The fourth-order valence-corrected chi connectivity index (χ4v) is 1.42. The molecular formula is C13H18N2O3. The number of benzene rings is 1. The second kappa shape index (κ2) is 5.64. The Labute approximate surface area is 106 Å². The van der Waals surface area contributed by atoms with Crippen LogP contribution in [0.2, 0.25) is 0 Å². The second-order valence-corrected chi connectivity index (χ2v) is 4.81. The van der Waals surface area contributed by atoms with Crippen molar-refractivity contribution >= 4 is 12.2 Å². The van der Waals surface area contributed by atoms with E-state index in [1.54, 1.807) is 26.0 Å². The summed E-state index contributed by atoms with van der Waals surface area (Å²) in [4.78, 5) is 22.4. The van der Waals surface area contributed by atoms with Crippen LogP contribution in [0, 0.1) is 0 Å². The van der Waals surface area contributed by atoms with Gasteiger partial charge < -0.3 is 21.0 Å². The van der Waals surface area contributed by atoms with Gasteiger partial charge in [0.2, 0.25) is 5.91 Å². The SMILES string of the molecule is CC(C)(C=O)NC(=O)C(N)Cc1ccc(O)cc1. The van der Waals surface area contributed by atoms with E-state index in [4.69, 9.17) is 10.8 Å². The van der Waals surface area contributed by atoms with Crippen LogP contribution in [0.5, 0.6) is 5.75 Å². The quantitative estimate of drug-likeness (QED) is 0.658. The molecule has 98 valence electrons. The molecule has 18 heavy (non-hydrogen) atoms. The third-order valence-electron chi connectivity index (χ3n) is 2.47. The predicted octanol–water partition coefficient (Wildman–Crippen LogP) is 0.356. The van der Waals surface area contributed by atoms with E-state index >= 15 is 0 Å². The van der Waals surface area contributed by atoms with Gasteiger partial charge in [0.15, 0.2) is 0 Å². The summed E-state index contributed by atoms with van der Waals surface area (Å²) in [7, 11) is 0. The third-order valence-corrected chi connectivity index (χ3v) is 2.47. The normalized spacial score (nSPS) is 12.8. The molecule has 1 aromatic carbocycles. The first kappa shape index (κ1) is 14.2. The van der Waals surface area contributed by atoms with E-state index in [2.05, 4.69) is 5.32 Å². The Morgan fingerprint density at radius 2 is 2.00 bits per heavy atom. The first-order valence-corrected chi connectivity index (χ1v) is 5.66. The van der Waals surface area contributed by atoms with Crippen LogP contribution in [0.15, 0.2) is 24.3 Å². The molecule has 0 radical (unpaired) electrons. The molecule has 0 aliphatic carbocycles. The van der Waals surface area contributed by atoms with E-state index < -0.39 is 11.6 Å². The summed E-state index contributed by atoms with van der Waals surface area (Å²) in [6.45, 7) is 3.20. The van der Waals surface area contributed by atoms with Crippen LogP contribution in [-0.2, 0) is 16.0 Å². The van der Waals surface area contributed by atoms with Crippen LogP contribution < -0.4 is 11.1 Å². The lowest BCUT2D eigenvalue weighted by Gasteiger charge is -2.21. The molecule has 5 nitrogen and oxygen atoms in total. The highest BCUT2D eigenvalue weighted by atomic mass is 16.3. The summed E-state index contributed by atoms with van der Waals surface area (Å²) < 4.78 is 0. The zero-order valence-electron chi connectivity index (χ0n) is 10.5. The highest BCUT2D eigenvalue weighted by molar-refractivity contribution is 5.85. The highest BCUT2D eigenvalue weighted by Gasteiger charge is 2.23. The van der Waals surface area contributed by atoms with Crippen molar-refractivity contribution in [3.63, 3.8) is 0 Å². The molecule has 4 N–H and O–H groups in total. The van der Waals surface area contributed by atoms with Crippen molar-refractivity contribution in [3.8, 4) is 5.75 Å². The average molecular weight is 250 g/mol. The lowest BCUT2D eigenvalue weighted by Crippen LogP contribution is -2.52. The molecule has 0 fully saturated rings. The number of nitrogens with one attached hydrogen (secondary N) is 1. The van der Waals surface area contributed by atoms with Gasteiger partial charge in [-0.2, -0.15) is 0 Å². The highest BCUT2D eigenvalue weighted by Crippen LogP contribution is 2.11. The van der Waals surface area contributed by atoms with E-state index in [9.17, 15) is 9.59 Å². The summed E-state index contributed by atoms with van der Waals surface area (Å²) in [5.41, 5.74) is 5.69. The van der Waals surface area contributed by atoms with Crippen molar-refractivity contribution in [1.82, 2.24) is 5.32 Å². The fourth-order valence-electron chi connectivity index (χ4n) is 1.42. The van der Waals surface area contributed by atoms with Gasteiger partial charge in [0, 0.05) is 0 Å². The molecule has 1 rings (SSSR count). The van der Waals surface area contributed by atoms with Crippen LogP contribution in [-0.4, -0.2) is 28.9 Å². The molecule has 0 spiro atoms. The standard InChI is InChI=1S/C13H18N2O3/c1-13(2,8-16)15-12(18)11(14)7-9-3-5-10(17)6-4-9/h3-6,8,11,17H,7,14H2,1-2H3,(H,15,18). The first-order valence-electron chi connectivity index (χ1n) is 5.66. The molecule has 0 aromatic heterocycles. The molecule has 0 saturated heterocycles. The van der Waals surface area contributed by atoms with E-state index in [0.717, 1.165) is 5.56 Å². The van der Waals surface area contributed by atoms with Gasteiger partial charge in [0.25, 0.3) is 0 Å². The topological polar surface area (TPSA) is 92.4 Å². The van der Waals surface area contributed by atoms with E-state index in [1.807, 2.05) is 0 Å². The molecule has 0 aliphatic rings. The summed E-state index contributed by atoms with van der Waals surface area (Å²) >= 11 is 0. The van der Waals surface area contributed by atoms with Crippen LogP contribution >= 0.6 is 0 Å². The molecule has 1 amide bonds. The van der Waals surface area contributed by atoms with Gasteiger partial charge >= 0.3 is 0 Å². The van der Waals surface area contributed by atoms with Crippen molar-refractivity contribution in [1.29, 1.82) is 0 Å². The smallest absolute Gasteiger partial charge is 0.238 e. The first-order chi connectivity index (χ1) is 8.34. The number of phenols is 1. The number of carbonyl (C=O) groups excluding carboxylic acids is 2. The maximum Gasteiger partial charge on any atom is 0.238 e. The molecule has 0 bridgehead atoms. The number of nitrogens with two attached hydrogens (primary N) is 1.